The number of carbonyl (C=O) groups excluding carboxylic acids is 2. The number of thioether (sulfide) groups is 1. The van der Waals surface area contributed by atoms with Gasteiger partial charge < -0.3 is 15.5 Å². The number of aryl methyl sites for hydroxylation is 1. The predicted octanol–water partition coefficient (Wildman–Crippen LogP) is 3.43. The van der Waals surface area contributed by atoms with E-state index in [2.05, 4.69) is 36.5 Å². The summed E-state index contributed by atoms with van der Waals surface area (Å²) in [5, 5.41) is 2.87. The van der Waals surface area contributed by atoms with Crippen molar-refractivity contribution in [3.8, 4) is 0 Å². The van der Waals surface area contributed by atoms with Crippen molar-refractivity contribution in [3.05, 3.63) is 65.6 Å². The molecule has 3 N–H and O–H groups in total. The van der Waals surface area contributed by atoms with Crippen molar-refractivity contribution in [1.82, 2.24) is 5.32 Å². The Hall–Kier alpha value is -2.47. The molecule has 0 saturated heterocycles. The van der Waals surface area contributed by atoms with Crippen LogP contribution in [-0.4, -0.2) is 17.9 Å². The summed E-state index contributed by atoms with van der Waals surface area (Å²) in [6.45, 7) is 2.05. The summed E-state index contributed by atoms with van der Waals surface area (Å²) in [4.78, 5) is 25.1. The van der Waals surface area contributed by atoms with Gasteiger partial charge in [-0.15, -0.1) is 11.8 Å². The highest BCUT2D eigenvalue weighted by Gasteiger charge is 2.29. The maximum Gasteiger partial charge on any atom is 0.287 e. The molecule has 2 atom stereocenters. The average Bonchev–Trinajstić information content (AvgIpc) is 3.11. The lowest BCUT2D eigenvalue weighted by molar-refractivity contribution is -0.122. The van der Waals surface area contributed by atoms with Crippen LogP contribution in [0.2, 0.25) is 0 Å². The highest BCUT2D eigenvalue weighted by atomic mass is 32.2. The first-order chi connectivity index (χ1) is 12.5. The largest absolute Gasteiger partial charge is 0.455 e. The molecule has 0 bridgehead atoms. The van der Waals surface area contributed by atoms with Gasteiger partial charge in [-0.2, -0.15) is 0 Å². The summed E-state index contributed by atoms with van der Waals surface area (Å²) >= 11 is 1.65. The van der Waals surface area contributed by atoms with Crippen molar-refractivity contribution in [2.75, 3.05) is 0 Å². The fraction of sp³-hybridized carbons (Fsp3) is 0.300. The molecule has 26 heavy (non-hydrogen) atoms. The predicted molar refractivity (Wildman–Crippen MR) is 102 cm³/mol. The zero-order valence-electron chi connectivity index (χ0n) is 14.6. The maximum absolute atomic E-state index is 12.4. The molecule has 5 nitrogen and oxygen atoms in total. The Morgan fingerprint density at radius 2 is 1.88 bits per heavy atom. The van der Waals surface area contributed by atoms with Crippen molar-refractivity contribution < 1.29 is 14.0 Å². The van der Waals surface area contributed by atoms with Crippen LogP contribution < -0.4 is 11.1 Å². The summed E-state index contributed by atoms with van der Waals surface area (Å²) in [5.41, 5.74) is 6.65. The molecule has 3 rings (SSSR count). The first-order valence-corrected chi connectivity index (χ1v) is 9.55. The molecule has 136 valence electrons. The van der Waals surface area contributed by atoms with Crippen LogP contribution in [0.25, 0.3) is 0 Å². The van der Waals surface area contributed by atoms with Crippen LogP contribution in [0.4, 0.5) is 0 Å². The fourth-order valence-electron chi connectivity index (χ4n) is 2.89. The van der Waals surface area contributed by atoms with Gasteiger partial charge in [-0.3, -0.25) is 9.59 Å². The Bertz CT molecular complexity index is 811. The van der Waals surface area contributed by atoms with Gasteiger partial charge in [0.15, 0.2) is 5.76 Å². The van der Waals surface area contributed by atoms with Gasteiger partial charge in [-0.05, 0) is 44.0 Å². The van der Waals surface area contributed by atoms with Gasteiger partial charge >= 0.3 is 0 Å². The number of allylic oxidation sites excluding steroid dienone is 1. The van der Waals surface area contributed by atoms with Crippen LogP contribution in [0.1, 0.15) is 34.7 Å². The third kappa shape index (κ3) is 4.58. The van der Waals surface area contributed by atoms with Gasteiger partial charge in [0.1, 0.15) is 5.76 Å². The summed E-state index contributed by atoms with van der Waals surface area (Å²) in [7, 11) is 0. The molecular formula is C20H22N2O3S. The van der Waals surface area contributed by atoms with E-state index in [0.717, 1.165) is 10.7 Å². The summed E-state index contributed by atoms with van der Waals surface area (Å²) in [5.74, 6) is 0.540. The van der Waals surface area contributed by atoms with E-state index < -0.39 is 5.91 Å². The van der Waals surface area contributed by atoms with Crippen LogP contribution >= 0.6 is 11.8 Å². The fourth-order valence-corrected chi connectivity index (χ4v) is 3.69. The second kappa shape index (κ2) is 8.27. The van der Waals surface area contributed by atoms with E-state index in [1.54, 1.807) is 17.8 Å². The Labute approximate surface area is 157 Å². The third-order valence-electron chi connectivity index (χ3n) is 4.40. The molecule has 0 aliphatic heterocycles. The maximum atomic E-state index is 12.4. The highest BCUT2D eigenvalue weighted by Crippen LogP contribution is 2.24. The molecule has 1 heterocycles. The highest BCUT2D eigenvalue weighted by molar-refractivity contribution is 7.98. The zero-order valence-corrected chi connectivity index (χ0v) is 15.4. The Morgan fingerprint density at radius 3 is 2.62 bits per heavy atom. The van der Waals surface area contributed by atoms with Gasteiger partial charge in [0.05, 0.1) is 11.7 Å². The number of furan rings is 1. The number of hydrogen-bond acceptors (Lipinski definition) is 4. The molecule has 0 radical (unpaired) electrons. The van der Waals surface area contributed by atoms with E-state index in [0.29, 0.717) is 18.6 Å². The van der Waals surface area contributed by atoms with Gasteiger partial charge in [-0.1, -0.05) is 29.8 Å². The topological polar surface area (TPSA) is 85.3 Å². The zero-order chi connectivity index (χ0) is 18.5. The normalized spacial score (nSPS) is 19.3. The van der Waals surface area contributed by atoms with Gasteiger partial charge in [0.2, 0.25) is 5.91 Å². The van der Waals surface area contributed by atoms with Gasteiger partial charge in [-0.25, -0.2) is 0 Å². The molecule has 0 spiro atoms. The molecule has 0 fully saturated rings. The van der Waals surface area contributed by atoms with Crippen LogP contribution in [-0.2, 0) is 10.5 Å². The van der Waals surface area contributed by atoms with Crippen LogP contribution in [0.5, 0.6) is 0 Å². The van der Waals surface area contributed by atoms with Crippen molar-refractivity contribution in [2.45, 2.75) is 36.5 Å². The van der Waals surface area contributed by atoms with Crippen LogP contribution in [0.3, 0.4) is 0 Å². The summed E-state index contributed by atoms with van der Waals surface area (Å²) in [6.07, 6.45) is 5.02. The standard InChI is InChI=1S/C20H22N2O3S/c1-13-6-9-15(10-7-13)26-12-14-8-11-18(25-14)20(24)22-17-5-3-2-4-16(17)19(21)23/h2-3,6-11,16-17H,4-5,12H2,1H3,(H2,21,23)(H,22,24)/t16-,17-/m1/s1. The minimum absolute atomic E-state index is 0.252. The molecular weight excluding hydrogens is 348 g/mol. The quantitative estimate of drug-likeness (QED) is 0.603. The second-order valence-corrected chi connectivity index (χ2v) is 7.45. The molecule has 0 saturated carbocycles. The number of benzene rings is 1. The van der Waals surface area contributed by atoms with E-state index in [-0.39, 0.29) is 23.6 Å². The van der Waals surface area contributed by atoms with Crippen molar-refractivity contribution in [3.63, 3.8) is 0 Å². The minimum atomic E-state index is -0.394. The molecule has 6 heteroatoms. The van der Waals surface area contributed by atoms with Crippen molar-refractivity contribution in [2.24, 2.45) is 11.7 Å². The lowest BCUT2D eigenvalue weighted by Crippen LogP contribution is -2.46. The van der Waals surface area contributed by atoms with Gasteiger partial charge in [0.25, 0.3) is 5.91 Å². The Morgan fingerprint density at radius 1 is 1.15 bits per heavy atom. The molecule has 1 aliphatic rings. The van der Waals surface area contributed by atoms with Crippen LogP contribution in [0, 0.1) is 12.8 Å². The monoisotopic (exact) mass is 370 g/mol. The number of primary amides is 1. The molecule has 2 aromatic rings. The second-order valence-electron chi connectivity index (χ2n) is 6.40. The lowest BCUT2D eigenvalue weighted by atomic mass is 9.88. The Balaban J connectivity index is 1.58. The van der Waals surface area contributed by atoms with Crippen molar-refractivity contribution >= 4 is 23.6 Å². The van der Waals surface area contributed by atoms with Crippen molar-refractivity contribution in [1.29, 1.82) is 0 Å². The molecule has 0 unspecified atom stereocenters. The minimum Gasteiger partial charge on any atom is -0.455 e. The number of hydrogen-bond donors (Lipinski definition) is 2. The Kier molecular flexibility index (Phi) is 5.83. The van der Waals surface area contributed by atoms with E-state index in [9.17, 15) is 9.59 Å². The molecule has 1 aromatic heterocycles. The van der Waals surface area contributed by atoms with Crippen LogP contribution in [0.15, 0.2) is 57.9 Å². The van der Waals surface area contributed by atoms with E-state index in [1.807, 2.05) is 18.2 Å². The molecule has 1 aromatic carbocycles. The summed E-state index contributed by atoms with van der Waals surface area (Å²) < 4.78 is 5.66. The molecule has 1 aliphatic carbocycles. The number of carbonyl (C=O) groups is 2. The average molecular weight is 370 g/mol. The SMILES string of the molecule is Cc1ccc(SCc2ccc(C(=O)N[C@@H]3CC=CC[C@H]3C(N)=O)o2)cc1. The lowest BCUT2D eigenvalue weighted by Gasteiger charge is -2.26. The number of rotatable bonds is 6. The van der Waals surface area contributed by atoms with E-state index in [4.69, 9.17) is 10.2 Å². The number of amides is 2. The number of nitrogens with one attached hydrogen (secondary N) is 1. The van der Waals surface area contributed by atoms with Gasteiger partial charge in [0, 0.05) is 10.9 Å². The summed E-state index contributed by atoms with van der Waals surface area (Å²) in [6, 6.07) is 11.4. The first-order valence-electron chi connectivity index (χ1n) is 8.56. The molecule has 2 amide bonds. The number of nitrogens with two attached hydrogens (primary N) is 1. The van der Waals surface area contributed by atoms with E-state index in [1.165, 1.54) is 5.56 Å². The third-order valence-corrected chi connectivity index (χ3v) is 5.44. The smallest absolute Gasteiger partial charge is 0.287 e. The first kappa shape index (κ1) is 18.3. The van der Waals surface area contributed by atoms with E-state index >= 15 is 0 Å².